The number of ether oxygens (including phenoxy) is 1. The summed E-state index contributed by atoms with van der Waals surface area (Å²) in [5.41, 5.74) is -0.794. The molecule has 55 heavy (non-hydrogen) atoms. The molecule has 3 aliphatic rings. The van der Waals surface area contributed by atoms with E-state index in [1.807, 2.05) is 11.8 Å². The third-order valence-electron chi connectivity index (χ3n) is 10.7. The number of hydrogen-bond donors (Lipinski definition) is 2. The third-order valence-corrected chi connectivity index (χ3v) is 11.0. The molecule has 15 nitrogen and oxygen atoms in total. The van der Waals surface area contributed by atoms with Gasteiger partial charge in [-0.1, -0.05) is 18.5 Å². The van der Waals surface area contributed by atoms with Gasteiger partial charge in [0.15, 0.2) is 23.1 Å². The van der Waals surface area contributed by atoms with E-state index in [2.05, 4.69) is 25.4 Å². The molecule has 4 aromatic heterocycles. The lowest BCUT2D eigenvalue weighted by Gasteiger charge is -2.39. The number of methoxy groups -OCH3 is 1. The van der Waals surface area contributed by atoms with Gasteiger partial charge in [0.1, 0.15) is 12.9 Å². The third kappa shape index (κ3) is 6.17. The summed E-state index contributed by atoms with van der Waals surface area (Å²) in [4.78, 5) is 62.7. The molecule has 1 aromatic carbocycles. The van der Waals surface area contributed by atoms with Crippen LogP contribution in [-0.2, 0) is 22.9 Å². The lowest BCUT2D eigenvalue weighted by atomic mass is 9.73. The van der Waals surface area contributed by atoms with Crippen LogP contribution in [-0.4, -0.2) is 89.2 Å². The van der Waals surface area contributed by atoms with E-state index in [1.165, 1.54) is 19.6 Å². The van der Waals surface area contributed by atoms with E-state index >= 15 is 0 Å². The number of fused-ring (bicyclic) bond motifs is 3. The van der Waals surface area contributed by atoms with Crippen LogP contribution < -0.4 is 20.5 Å². The molecular weight excluding hydrogens is 745 g/mol. The van der Waals surface area contributed by atoms with Crippen molar-refractivity contribution in [1.82, 2.24) is 39.0 Å². The largest absolute Gasteiger partial charge is 0.503 e. The highest BCUT2D eigenvalue weighted by Crippen LogP contribution is 2.51. The van der Waals surface area contributed by atoms with Gasteiger partial charge in [0.2, 0.25) is 17.6 Å². The van der Waals surface area contributed by atoms with E-state index in [0.717, 1.165) is 42.2 Å². The highest BCUT2D eigenvalue weighted by Gasteiger charge is 2.49. The van der Waals surface area contributed by atoms with Gasteiger partial charge in [0.05, 0.1) is 28.9 Å². The molecule has 5 aromatic rings. The van der Waals surface area contributed by atoms with Crippen molar-refractivity contribution in [2.45, 2.75) is 56.7 Å². The smallest absolute Gasteiger partial charge is 0.416 e. The van der Waals surface area contributed by atoms with Crippen molar-refractivity contribution in [3.8, 4) is 23.0 Å². The first-order chi connectivity index (χ1) is 26.3. The van der Waals surface area contributed by atoms with Gasteiger partial charge in [-0.25, -0.2) is 15.0 Å². The zero-order valence-corrected chi connectivity index (χ0v) is 30.4. The number of benzene rings is 1. The van der Waals surface area contributed by atoms with Crippen molar-refractivity contribution < 1.29 is 32.6 Å². The number of anilines is 2. The number of aromatic nitrogens is 7. The van der Waals surface area contributed by atoms with Crippen LogP contribution in [0.3, 0.4) is 0 Å². The number of carbonyl (C=O) groups excluding carboxylic acids is 2. The van der Waals surface area contributed by atoms with Gasteiger partial charge < -0.3 is 29.5 Å². The lowest BCUT2D eigenvalue weighted by Crippen LogP contribution is -2.47. The summed E-state index contributed by atoms with van der Waals surface area (Å²) >= 11 is 6.17. The highest BCUT2D eigenvalue weighted by atomic mass is 35.5. The predicted molar refractivity (Wildman–Crippen MR) is 192 cm³/mol. The second-order valence-corrected chi connectivity index (χ2v) is 14.4. The molecule has 6 heterocycles. The van der Waals surface area contributed by atoms with E-state index in [0.29, 0.717) is 41.9 Å². The number of rotatable bonds is 7. The van der Waals surface area contributed by atoms with E-state index in [1.54, 1.807) is 21.6 Å². The molecule has 1 spiro atoms. The highest BCUT2D eigenvalue weighted by molar-refractivity contribution is 6.33. The normalized spacial score (nSPS) is 17.7. The van der Waals surface area contributed by atoms with Crippen LogP contribution in [0.5, 0.6) is 11.6 Å². The van der Waals surface area contributed by atoms with Crippen molar-refractivity contribution in [1.29, 1.82) is 0 Å². The van der Waals surface area contributed by atoms with E-state index in [4.69, 9.17) is 21.3 Å². The zero-order chi connectivity index (χ0) is 38.8. The number of nitrogens with zero attached hydrogens (tertiary/aromatic N) is 9. The number of halogens is 4. The molecule has 1 aliphatic carbocycles. The summed E-state index contributed by atoms with van der Waals surface area (Å²) in [6.45, 7) is 3.52. The number of nitrogens with one attached hydrogen (secondary N) is 1. The first-order valence-electron chi connectivity index (χ1n) is 17.6. The molecule has 8 rings (SSSR count). The minimum Gasteiger partial charge on any atom is -0.503 e. The average Bonchev–Trinajstić information content (AvgIpc) is 3.70. The van der Waals surface area contributed by atoms with Crippen molar-refractivity contribution in [2.24, 2.45) is 0 Å². The predicted octanol–water partition coefficient (Wildman–Crippen LogP) is 4.66. The second-order valence-electron chi connectivity index (χ2n) is 14.0. The maximum Gasteiger partial charge on any atom is 0.416 e. The molecule has 2 amide bonds. The maximum absolute atomic E-state index is 14.6. The summed E-state index contributed by atoms with van der Waals surface area (Å²) in [6.07, 6.45) is 0.453. The SMILES string of the molecule is COc1ncccc1-c1nc2n(CC(=O)Nc3ccc(C(F)(F)F)cc3Cl)c3c(c(=O)n2n1)C1(CCN(C(=O)c2ncnc(N4CCC4)c2O)CC1)C[C@H]3C. The van der Waals surface area contributed by atoms with Crippen molar-refractivity contribution in [3.63, 3.8) is 0 Å². The Kier molecular flexibility index (Phi) is 8.89. The van der Waals surface area contributed by atoms with Crippen molar-refractivity contribution in [2.75, 3.05) is 43.5 Å². The number of aromatic hydroxyl groups is 1. The maximum atomic E-state index is 14.6. The fraction of sp³-hybridized carbons (Fsp3) is 0.389. The zero-order valence-electron chi connectivity index (χ0n) is 29.6. The van der Waals surface area contributed by atoms with Gasteiger partial charge >= 0.3 is 6.18 Å². The Bertz CT molecular complexity index is 2420. The van der Waals surface area contributed by atoms with Gasteiger partial charge in [-0.15, -0.1) is 5.10 Å². The Labute approximate surface area is 315 Å². The van der Waals surface area contributed by atoms with Gasteiger partial charge in [-0.3, -0.25) is 14.4 Å². The van der Waals surface area contributed by atoms with Crippen LogP contribution in [0.2, 0.25) is 5.02 Å². The monoisotopic (exact) mass is 778 g/mol. The molecule has 1 atom stereocenters. The van der Waals surface area contributed by atoms with Crippen LogP contribution in [0, 0.1) is 0 Å². The van der Waals surface area contributed by atoms with Crippen LogP contribution in [0.4, 0.5) is 24.7 Å². The van der Waals surface area contributed by atoms with Crippen LogP contribution in [0.25, 0.3) is 17.2 Å². The quantitative estimate of drug-likeness (QED) is 0.235. The first kappa shape index (κ1) is 36.2. The molecule has 0 unspecified atom stereocenters. The summed E-state index contributed by atoms with van der Waals surface area (Å²) in [5.74, 6) is -0.872. The standard InChI is InChI=1S/C36H34ClF3N10O5/c1-19-16-35(8-13-48(14-9-35)33(54)26-28(52)30(43-18-42-26)47-11-4-12-47)25-27(19)49(17-24(51)44-23-7-6-20(15-22(23)37)36(38,39)40)34-45-29(46-50(34)32(25)53)21-5-3-10-41-31(21)55-2/h3,5-7,10,15,18-19,52H,4,8-9,11-14,16-17H2,1-2H3,(H,44,51)/t19-/m1/s1. The molecule has 0 radical (unpaired) electrons. The number of piperidine rings is 1. The van der Waals surface area contributed by atoms with Crippen LogP contribution in [0.15, 0.2) is 47.7 Å². The topological polar surface area (TPSA) is 173 Å². The summed E-state index contributed by atoms with van der Waals surface area (Å²) in [7, 11) is 1.44. The van der Waals surface area contributed by atoms with Crippen molar-refractivity contribution in [3.05, 3.63) is 80.7 Å². The summed E-state index contributed by atoms with van der Waals surface area (Å²) < 4.78 is 48.0. The molecule has 2 saturated heterocycles. The number of hydrogen-bond acceptors (Lipinski definition) is 11. The second kappa shape index (κ2) is 13.5. The molecule has 0 saturated carbocycles. The van der Waals surface area contributed by atoms with Crippen molar-refractivity contribution >= 4 is 40.7 Å². The first-order valence-corrected chi connectivity index (χ1v) is 18.0. The van der Waals surface area contributed by atoms with Gasteiger partial charge in [0.25, 0.3) is 11.5 Å². The number of carbonyl (C=O) groups is 2. The lowest BCUT2D eigenvalue weighted by molar-refractivity contribution is -0.137. The van der Waals surface area contributed by atoms with E-state index in [-0.39, 0.29) is 65.2 Å². The molecular formula is C36H34ClF3N10O5. The summed E-state index contributed by atoms with van der Waals surface area (Å²) in [5, 5.41) is 17.8. The fourth-order valence-corrected chi connectivity index (χ4v) is 8.24. The van der Waals surface area contributed by atoms with Crippen LogP contribution in [0.1, 0.15) is 65.8 Å². The number of alkyl halides is 3. The molecule has 19 heteroatoms. The Hall–Kier alpha value is -5.78. The Morgan fingerprint density at radius 3 is 2.55 bits per heavy atom. The molecule has 286 valence electrons. The molecule has 0 bridgehead atoms. The van der Waals surface area contributed by atoms with E-state index < -0.39 is 34.5 Å². The Morgan fingerprint density at radius 1 is 1.11 bits per heavy atom. The minimum absolute atomic E-state index is 0.0242. The molecule has 2 fully saturated rings. The fourth-order valence-electron chi connectivity index (χ4n) is 8.02. The Morgan fingerprint density at radius 2 is 1.87 bits per heavy atom. The van der Waals surface area contributed by atoms with Gasteiger partial charge in [-0.2, -0.15) is 22.7 Å². The number of amides is 2. The average molecular weight is 779 g/mol. The van der Waals surface area contributed by atoms with E-state index in [9.17, 15) is 32.7 Å². The van der Waals surface area contributed by atoms with Crippen LogP contribution >= 0.6 is 11.6 Å². The molecule has 2 aliphatic heterocycles. The molecule has 2 N–H and O–H groups in total. The van der Waals surface area contributed by atoms with Gasteiger partial charge in [-0.05, 0) is 61.9 Å². The van der Waals surface area contributed by atoms with Gasteiger partial charge in [0, 0.05) is 49.0 Å². The summed E-state index contributed by atoms with van der Waals surface area (Å²) in [6, 6.07) is 5.98. The number of pyridine rings is 1. The Balaban J connectivity index is 1.16. The number of likely N-dealkylation sites (tertiary alicyclic amines) is 1. The minimum atomic E-state index is -4.62.